The van der Waals surface area contributed by atoms with Crippen LogP contribution in [0.25, 0.3) is 11.1 Å². The van der Waals surface area contributed by atoms with Gasteiger partial charge in [0.2, 0.25) is 5.91 Å². The fraction of sp³-hybridized carbons (Fsp3) is 0.125. The van der Waals surface area contributed by atoms with Crippen molar-refractivity contribution in [2.45, 2.75) is 12.8 Å². The predicted molar refractivity (Wildman–Crippen MR) is 85.2 cm³/mol. The molecule has 3 aromatic rings. The van der Waals surface area contributed by atoms with Gasteiger partial charge in [0, 0.05) is 17.1 Å². The normalized spacial score (nSPS) is 10.8. The quantitative estimate of drug-likeness (QED) is 0.775. The second kappa shape index (κ2) is 6.07. The summed E-state index contributed by atoms with van der Waals surface area (Å²) in [6, 6.07) is 12.3. The number of hydrogen-bond acceptors (Lipinski definition) is 3. The van der Waals surface area contributed by atoms with Gasteiger partial charge in [-0.1, -0.05) is 17.7 Å². The molecular formula is C16H13ClN2O3. The maximum atomic E-state index is 11.9. The molecule has 3 rings (SSSR count). The number of amides is 1. The number of carbonyl (C=O) groups excluding carboxylic acids is 1. The third kappa shape index (κ3) is 3.38. The lowest BCUT2D eigenvalue weighted by Gasteiger charge is -2.05. The van der Waals surface area contributed by atoms with Crippen molar-refractivity contribution < 1.29 is 9.21 Å². The topological polar surface area (TPSA) is 75.1 Å². The summed E-state index contributed by atoms with van der Waals surface area (Å²) in [5, 5.41) is 3.43. The Hall–Kier alpha value is -2.53. The van der Waals surface area contributed by atoms with Crippen LogP contribution < -0.4 is 11.1 Å². The van der Waals surface area contributed by atoms with Crippen LogP contribution in [0.2, 0.25) is 5.02 Å². The maximum absolute atomic E-state index is 11.9. The summed E-state index contributed by atoms with van der Waals surface area (Å²) in [7, 11) is 0. The molecule has 22 heavy (non-hydrogen) atoms. The number of halogens is 1. The average Bonchev–Trinajstić information content (AvgIpc) is 2.87. The lowest BCUT2D eigenvalue weighted by molar-refractivity contribution is -0.116. The van der Waals surface area contributed by atoms with Crippen LogP contribution in [0.4, 0.5) is 5.69 Å². The van der Waals surface area contributed by atoms with Gasteiger partial charge < -0.3 is 9.73 Å². The third-order valence-corrected chi connectivity index (χ3v) is 3.50. The summed E-state index contributed by atoms with van der Waals surface area (Å²) < 4.78 is 4.94. The molecule has 0 aliphatic carbocycles. The van der Waals surface area contributed by atoms with E-state index >= 15 is 0 Å². The highest BCUT2D eigenvalue weighted by Crippen LogP contribution is 2.15. The van der Waals surface area contributed by atoms with Crippen LogP contribution in [-0.4, -0.2) is 10.9 Å². The highest BCUT2D eigenvalue weighted by atomic mass is 35.5. The molecule has 0 atom stereocenters. The van der Waals surface area contributed by atoms with Crippen molar-refractivity contribution in [2.24, 2.45) is 0 Å². The molecule has 0 radical (unpaired) electrons. The van der Waals surface area contributed by atoms with Gasteiger partial charge in [-0.15, -0.1) is 0 Å². The number of benzene rings is 2. The molecule has 5 nitrogen and oxygen atoms in total. The smallest absolute Gasteiger partial charge is 0.408 e. The molecule has 2 N–H and O–H groups in total. The second-order valence-corrected chi connectivity index (χ2v) is 5.34. The molecule has 0 unspecified atom stereocenters. The summed E-state index contributed by atoms with van der Waals surface area (Å²) in [4.78, 5) is 25.6. The summed E-state index contributed by atoms with van der Waals surface area (Å²) in [5.74, 6) is -0.560. The SMILES string of the molecule is O=C(CCc1ccc2oc(=O)[nH]c2c1)Nc1ccc(Cl)cc1. The Balaban J connectivity index is 1.61. The molecule has 1 aromatic heterocycles. The van der Waals surface area contributed by atoms with Gasteiger partial charge >= 0.3 is 5.76 Å². The zero-order chi connectivity index (χ0) is 15.5. The van der Waals surface area contributed by atoms with Crippen molar-refractivity contribution >= 4 is 34.3 Å². The fourth-order valence-electron chi connectivity index (χ4n) is 2.17. The molecule has 0 fully saturated rings. The molecule has 0 spiro atoms. The molecular weight excluding hydrogens is 304 g/mol. The van der Waals surface area contributed by atoms with E-state index < -0.39 is 5.76 Å². The minimum Gasteiger partial charge on any atom is -0.408 e. The standard InChI is InChI=1S/C16H13ClN2O3/c17-11-3-5-12(6-4-11)18-15(20)8-2-10-1-7-14-13(9-10)19-16(21)22-14/h1,3-7,9H,2,8H2,(H,18,20)(H,19,21). The molecule has 0 saturated carbocycles. The van der Waals surface area contributed by atoms with E-state index in [-0.39, 0.29) is 5.91 Å². The van der Waals surface area contributed by atoms with Crippen LogP contribution >= 0.6 is 11.6 Å². The van der Waals surface area contributed by atoms with Crippen LogP contribution in [0.15, 0.2) is 51.7 Å². The molecule has 0 aliphatic rings. The molecule has 1 heterocycles. The maximum Gasteiger partial charge on any atom is 0.417 e. The van der Waals surface area contributed by atoms with E-state index in [2.05, 4.69) is 10.3 Å². The Bertz CT molecular complexity index is 865. The molecule has 2 aromatic carbocycles. The van der Waals surface area contributed by atoms with Gasteiger partial charge in [0.05, 0.1) is 5.52 Å². The number of rotatable bonds is 4. The van der Waals surface area contributed by atoms with Crippen LogP contribution in [0.5, 0.6) is 0 Å². The van der Waals surface area contributed by atoms with Crippen molar-refractivity contribution in [2.75, 3.05) is 5.32 Å². The number of fused-ring (bicyclic) bond motifs is 1. The fourth-order valence-corrected chi connectivity index (χ4v) is 2.30. The van der Waals surface area contributed by atoms with Gasteiger partial charge in [0.25, 0.3) is 0 Å². The van der Waals surface area contributed by atoms with Crippen molar-refractivity contribution in [1.82, 2.24) is 4.98 Å². The van der Waals surface area contributed by atoms with E-state index in [1.807, 2.05) is 12.1 Å². The van der Waals surface area contributed by atoms with E-state index in [0.29, 0.717) is 34.7 Å². The van der Waals surface area contributed by atoms with Crippen molar-refractivity contribution in [1.29, 1.82) is 0 Å². The zero-order valence-electron chi connectivity index (χ0n) is 11.6. The van der Waals surface area contributed by atoms with Crippen LogP contribution in [0.3, 0.4) is 0 Å². The Kier molecular flexibility index (Phi) is 3.98. The molecule has 0 bridgehead atoms. The van der Waals surface area contributed by atoms with Crippen LogP contribution in [0, 0.1) is 0 Å². The number of aromatic amines is 1. The summed E-state index contributed by atoms with van der Waals surface area (Å²) in [5.41, 5.74) is 2.82. The molecule has 0 aliphatic heterocycles. The van der Waals surface area contributed by atoms with Crippen molar-refractivity contribution in [3.05, 3.63) is 63.6 Å². The molecule has 0 saturated heterocycles. The number of oxazole rings is 1. The van der Waals surface area contributed by atoms with Gasteiger partial charge in [-0.3, -0.25) is 9.78 Å². The summed E-state index contributed by atoms with van der Waals surface area (Å²) in [6.07, 6.45) is 0.915. The first-order chi connectivity index (χ1) is 10.6. The largest absolute Gasteiger partial charge is 0.417 e. The third-order valence-electron chi connectivity index (χ3n) is 3.25. The molecule has 112 valence electrons. The van der Waals surface area contributed by atoms with Gasteiger partial charge in [0.1, 0.15) is 0 Å². The number of nitrogens with one attached hydrogen (secondary N) is 2. The zero-order valence-corrected chi connectivity index (χ0v) is 12.3. The van der Waals surface area contributed by atoms with Gasteiger partial charge in [0.15, 0.2) is 5.58 Å². The van der Waals surface area contributed by atoms with E-state index in [4.69, 9.17) is 16.0 Å². The minimum atomic E-state index is -0.479. The number of H-pyrrole nitrogens is 1. The lowest BCUT2D eigenvalue weighted by Crippen LogP contribution is -2.12. The number of aryl methyl sites for hydroxylation is 1. The number of aromatic nitrogens is 1. The number of carbonyl (C=O) groups is 1. The Morgan fingerprint density at radius 2 is 1.95 bits per heavy atom. The van der Waals surface area contributed by atoms with E-state index in [0.717, 1.165) is 5.56 Å². The van der Waals surface area contributed by atoms with Gasteiger partial charge in [-0.25, -0.2) is 4.79 Å². The Morgan fingerprint density at radius 3 is 2.73 bits per heavy atom. The Morgan fingerprint density at radius 1 is 1.18 bits per heavy atom. The van der Waals surface area contributed by atoms with Gasteiger partial charge in [-0.2, -0.15) is 0 Å². The highest BCUT2D eigenvalue weighted by molar-refractivity contribution is 6.30. The van der Waals surface area contributed by atoms with Gasteiger partial charge in [-0.05, 0) is 48.4 Å². The minimum absolute atomic E-state index is 0.0805. The van der Waals surface area contributed by atoms with E-state index in [1.165, 1.54) is 0 Å². The van der Waals surface area contributed by atoms with Crippen LogP contribution in [-0.2, 0) is 11.2 Å². The summed E-state index contributed by atoms with van der Waals surface area (Å²) in [6.45, 7) is 0. The first-order valence-electron chi connectivity index (χ1n) is 6.77. The monoisotopic (exact) mass is 316 g/mol. The first-order valence-corrected chi connectivity index (χ1v) is 7.15. The van der Waals surface area contributed by atoms with Crippen molar-refractivity contribution in [3.8, 4) is 0 Å². The Labute approximate surface area is 130 Å². The van der Waals surface area contributed by atoms with E-state index in [9.17, 15) is 9.59 Å². The lowest BCUT2D eigenvalue weighted by atomic mass is 10.1. The number of hydrogen-bond donors (Lipinski definition) is 2. The molecule has 6 heteroatoms. The van der Waals surface area contributed by atoms with Crippen LogP contribution in [0.1, 0.15) is 12.0 Å². The number of anilines is 1. The highest BCUT2D eigenvalue weighted by Gasteiger charge is 2.06. The second-order valence-electron chi connectivity index (χ2n) is 4.90. The van der Waals surface area contributed by atoms with Crippen molar-refractivity contribution in [3.63, 3.8) is 0 Å². The predicted octanol–water partition coefficient (Wildman–Crippen LogP) is 3.35. The average molecular weight is 317 g/mol. The van der Waals surface area contributed by atoms with E-state index in [1.54, 1.807) is 30.3 Å². The summed E-state index contributed by atoms with van der Waals surface area (Å²) >= 11 is 5.79. The first kappa shape index (κ1) is 14.4. The molecule has 1 amide bonds.